The van der Waals surface area contributed by atoms with Crippen molar-refractivity contribution >= 4 is 16.1 Å². The zero-order valence-electron chi connectivity index (χ0n) is 26.4. The highest BCUT2D eigenvalue weighted by Gasteiger charge is 2.53. The molecule has 3 rings (SSSR count). The molecule has 2 fully saturated rings. The molecular weight excluding hydrogens is 598 g/mol. The standard InChI is InChI=1S/C28H48N4O9P2/c1-8-38-43(35,39-9-2)19-28(14-15-28)13-11-22-24(41-42(37-18-10-16-29)32(20(3)4)21(5)6)25(36-7)26(40-22)31-17-12-23(33)30-27(31)34/h12,17,20-22,24-26H,8-11,13-15,18-19H2,1-7H3,(H,30,33,34). The van der Waals surface area contributed by atoms with Crippen LogP contribution in [0.3, 0.4) is 0 Å². The SMILES string of the molecule is CCOP(=O)(CC1(CCC2OC(n3ccc(=O)[nH]c3=O)C(OC)C2OP(OCCC#N)N(C(C)C)C(C)C)CC1)OCC. The molecule has 0 amide bonds. The van der Waals surface area contributed by atoms with E-state index in [9.17, 15) is 14.2 Å². The Bertz CT molecular complexity index is 1210. The highest BCUT2D eigenvalue weighted by molar-refractivity contribution is 7.53. The van der Waals surface area contributed by atoms with Crippen LogP contribution >= 0.6 is 16.1 Å². The molecule has 1 saturated carbocycles. The molecule has 1 saturated heterocycles. The highest BCUT2D eigenvalue weighted by atomic mass is 31.2. The Kier molecular flexibility index (Phi) is 13.6. The van der Waals surface area contributed by atoms with Gasteiger partial charge in [0.05, 0.1) is 44.6 Å². The monoisotopic (exact) mass is 646 g/mol. The quantitative estimate of drug-likeness (QED) is 0.161. The molecule has 5 atom stereocenters. The summed E-state index contributed by atoms with van der Waals surface area (Å²) < 4.78 is 53.3. The predicted molar refractivity (Wildman–Crippen MR) is 163 cm³/mol. The smallest absolute Gasteiger partial charge is 0.331 e. The second-order valence-electron chi connectivity index (χ2n) is 11.5. The molecule has 5 unspecified atom stereocenters. The molecule has 2 aliphatic rings. The van der Waals surface area contributed by atoms with Gasteiger partial charge in [0.15, 0.2) is 6.23 Å². The third kappa shape index (κ3) is 9.52. The number of nitrogens with zero attached hydrogens (tertiary/aromatic N) is 3. The summed E-state index contributed by atoms with van der Waals surface area (Å²) in [6.07, 6.45) is 2.16. The van der Waals surface area contributed by atoms with E-state index in [0.717, 1.165) is 12.8 Å². The Hall–Kier alpha value is -1.45. The Labute approximate surface area is 255 Å². The molecule has 1 aliphatic carbocycles. The van der Waals surface area contributed by atoms with E-state index >= 15 is 0 Å². The predicted octanol–water partition coefficient (Wildman–Crippen LogP) is 4.94. The van der Waals surface area contributed by atoms with E-state index < -0.39 is 51.9 Å². The normalized spacial score (nSPS) is 24.1. The van der Waals surface area contributed by atoms with Crippen molar-refractivity contribution in [1.82, 2.24) is 14.2 Å². The maximum absolute atomic E-state index is 13.4. The summed E-state index contributed by atoms with van der Waals surface area (Å²) in [5.74, 6) is 0. The number of nitriles is 1. The van der Waals surface area contributed by atoms with Gasteiger partial charge in [-0.2, -0.15) is 5.26 Å². The number of methoxy groups -OCH3 is 1. The van der Waals surface area contributed by atoms with Crippen LogP contribution in [0, 0.1) is 16.7 Å². The van der Waals surface area contributed by atoms with Gasteiger partial charge < -0.3 is 27.6 Å². The van der Waals surface area contributed by atoms with Crippen molar-refractivity contribution in [3.05, 3.63) is 33.1 Å². The number of hydrogen-bond acceptors (Lipinski definition) is 11. The summed E-state index contributed by atoms with van der Waals surface area (Å²) in [4.78, 5) is 26.9. The Morgan fingerprint density at radius 2 is 1.84 bits per heavy atom. The minimum Gasteiger partial charge on any atom is -0.374 e. The zero-order valence-corrected chi connectivity index (χ0v) is 28.2. The average Bonchev–Trinajstić information content (AvgIpc) is 3.59. The van der Waals surface area contributed by atoms with Crippen molar-refractivity contribution in [2.75, 3.05) is 33.1 Å². The van der Waals surface area contributed by atoms with Gasteiger partial charge in [-0.05, 0) is 72.6 Å². The van der Waals surface area contributed by atoms with Crippen LogP contribution in [0.2, 0.25) is 0 Å². The fraction of sp³-hybridized carbons (Fsp3) is 0.821. The third-order valence-corrected chi connectivity index (χ3v) is 12.1. The largest absolute Gasteiger partial charge is 0.374 e. The van der Waals surface area contributed by atoms with Gasteiger partial charge >= 0.3 is 13.3 Å². The van der Waals surface area contributed by atoms with Crippen molar-refractivity contribution in [2.45, 2.75) is 110 Å². The van der Waals surface area contributed by atoms with Gasteiger partial charge in [0.1, 0.15) is 12.2 Å². The summed E-state index contributed by atoms with van der Waals surface area (Å²) in [6, 6.07) is 3.53. The molecule has 0 radical (unpaired) electrons. The topological polar surface area (TPSA) is 154 Å². The van der Waals surface area contributed by atoms with E-state index in [0.29, 0.717) is 32.2 Å². The molecule has 1 aromatic rings. The van der Waals surface area contributed by atoms with Crippen molar-refractivity contribution in [3.8, 4) is 6.07 Å². The van der Waals surface area contributed by atoms with E-state index in [1.807, 2.05) is 0 Å². The van der Waals surface area contributed by atoms with Crippen LogP contribution in [0.1, 0.15) is 79.9 Å². The lowest BCUT2D eigenvalue weighted by Gasteiger charge is -2.38. The van der Waals surface area contributed by atoms with E-state index in [-0.39, 0.29) is 30.5 Å². The number of rotatable bonds is 19. The van der Waals surface area contributed by atoms with Gasteiger partial charge in [0, 0.05) is 31.5 Å². The average molecular weight is 647 g/mol. The van der Waals surface area contributed by atoms with Crippen LogP contribution in [0.5, 0.6) is 0 Å². The molecule has 0 spiro atoms. The molecular formula is C28H48N4O9P2. The number of H-pyrrole nitrogens is 1. The molecule has 0 aromatic carbocycles. The minimum absolute atomic E-state index is 0.0774. The fourth-order valence-corrected chi connectivity index (χ4v) is 9.72. The number of ether oxygens (including phenoxy) is 2. The maximum atomic E-state index is 13.4. The first-order valence-electron chi connectivity index (χ1n) is 15.1. The van der Waals surface area contributed by atoms with E-state index in [1.165, 1.54) is 23.9 Å². The molecule has 2 heterocycles. The fourth-order valence-electron chi connectivity index (χ4n) is 5.61. The van der Waals surface area contributed by atoms with Crippen molar-refractivity contribution in [3.63, 3.8) is 0 Å². The lowest BCUT2D eigenvalue weighted by Crippen LogP contribution is -2.41. The molecule has 15 heteroatoms. The van der Waals surface area contributed by atoms with Gasteiger partial charge in [-0.1, -0.05) is 0 Å². The first-order chi connectivity index (χ1) is 20.4. The van der Waals surface area contributed by atoms with Crippen LogP contribution in [-0.2, 0) is 32.1 Å². The Morgan fingerprint density at radius 1 is 1.19 bits per heavy atom. The van der Waals surface area contributed by atoms with Gasteiger partial charge in [-0.25, -0.2) is 9.46 Å². The molecule has 0 bridgehead atoms. The van der Waals surface area contributed by atoms with Crippen LogP contribution in [-0.4, -0.2) is 77.7 Å². The van der Waals surface area contributed by atoms with Crippen LogP contribution in [0.4, 0.5) is 0 Å². The van der Waals surface area contributed by atoms with Crippen molar-refractivity contribution < 1.29 is 32.1 Å². The van der Waals surface area contributed by atoms with Crippen molar-refractivity contribution in [2.24, 2.45) is 5.41 Å². The summed E-state index contributed by atoms with van der Waals surface area (Å²) in [5, 5.41) is 9.14. The molecule has 13 nitrogen and oxygen atoms in total. The molecule has 1 aliphatic heterocycles. The third-order valence-electron chi connectivity index (χ3n) is 7.65. The van der Waals surface area contributed by atoms with Crippen LogP contribution < -0.4 is 11.2 Å². The summed E-state index contributed by atoms with van der Waals surface area (Å²) >= 11 is 0. The second kappa shape index (κ2) is 16.2. The number of aromatic nitrogens is 2. The second-order valence-corrected chi connectivity index (χ2v) is 15.0. The summed E-state index contributed by atoms with van der Waals surface area (Å²) in [5.41, 5.74) is -1.34. The number of aromatic amines is 1. The Morgan fingerprint density at radius 3 is 2.35 bits per heavy atom. The van der Waals surface area contributed by atoms with E-state index in [1.54, 1.807) is 13.8 Å². The Balaban J connectivity index is 1.93. The minimum atomic E-state index is -3.24. The van der Waals surface area contributed by atoms with Gasteiger partial charge in [0.25, 0.3) is 14.1 Å². The number of hydrogen-bond donors (Lipinski definition) is 1. The first-order valence-corrected chi connectivity index (χ1v) is 17.9. The van der Waals surface area contributed by atoms with Gasteiger partial charge in [-0.3, -0.25) is 18.9 Å². The molecule has 244 valence electrons. The lowest BCUT2D eigenvalue weighted by atomic mass is 9.97. The maximum Gasteiger partial charge on any atom is 0.331 e. The van der Waals surface area contributed by atoms with Crippen LogP contribution in [0.25, 0.3) is 0 Å². The van der Waals surface area contributed by atoms with Crippen LogP contribution in [0.15, 0.2) is 21.9 Å². The zero-order chi connectivity index (χ0) is 31.8. The van der Waals surface area contributed by atoms with E-state index in [2.05, 4.69) is 43.4 Å². The molecule has 1 N–H and O–H groups in total. The highest BCUT2D eigenvalue weighted by Crippen LogP contribution is 2.63. The van der Waals surface area contributed by atoms with Crippen molar-refractivity contribution in [1.29, 1.82) is 5.26 Å². The number of nitrogens with one attached hydrogen (secondary N) is 1. The van der Waals surface area contributed by atoms with E-state index in [4.69, 9.17) is 32.8 Å². The first kappa shape index (κ1) is 36.0. The summed E-state index contributed by atoms with van der Waals surface area (Å²) in [7, 11) is -3.36. The van der Waals surface area contributed by atoms with Gasteiger partial charge in [-0.15, -0.1) is 0 Å². The summed E-state index contributed by atoms with van der Waals surface area (Å²) in [6.45, 7) is 12.6. The molecule has 43 heavy (non-hydrogen) atoms. The molecule has 1 aromatic heterocycles. The van der Waals surface area contributed by atoms with Gasteiger partial charge in [0.2, 0.25) is 0 Å². The lowest BCUT2D eigenvalue weighted by molar-refractivity contribution is -0.0555.